The minimum atomic E-state index is -0.408. The van der Waals surface area contributed by atoms with E-state index in [-0.39, 0.29) is 36.5 Å². The molecule has 3 rings (SSSR count). The van der Waals surface area contributed by atoms with Gasteiger partial charge in [-0.15, -0.1) is 0 Å². The van der Waals surface area contributed by atoms with Crippen LogP contribution in [0.25, 0.3) is 0 Å². The van der Waals surface area contributed by atoms with E-state index >= 15 is 0 Å². The molecule has 8 nitrogen and oxygen atoms in total. The van der Waals surface area contributed by atoms with E-state index in [9.17, 15) is 14.7 Å². The number of aliphatic hydroxyl groups excluding tert-OH is 1. The predicted octanol–water partition coefficient (Wildman–Crippen LogP) is 4.25. The van der Waals surface area contributed by atoms with Crippen molar-refractivity contribution in [3.63, 3.8) is 0 Å². The highest BCUT2D eigenvalue weighted by Gasteiger charge is 2.31. The number of nitrogens with zero attached hydrogens (tertiary/aromatic N) is 3. The maximum absolute atomic E-state index is 14.1. The van der Waals surface area contributed by atoms with Crippen molar-refractivity contribution in [2.75, 3.05) is 52.3 Å². The summed E-state index contributed by atoms with van der Waals surface area (Å²) in [6.45, 7) is 7.10. The van der Waals surface area contributed by atoms with Crippen LogP contribution >= 0.6 is 0 Å². The highest BCUT2D eigenvalue weighted by Crippen LogP contribution is 2.29. The largest absolute Gasteiger partial charge is 0.490 e. The Bertz CT molecular complexity index is 1090. The summed E-state index contributed by atoms with van der Waals surface area (Å²) in [5.74, 6) is 0.299. The van der Waals surface area contributed by atoms with Gasteiger partial charge in [-0.05, 0) is 56.9 Å². The Hall–Kier alpha value is -3.10. The van der Waals surface area contributed by atoms with Crippen molar-refractivity contribution in [1.29, 1.82) is 0 Å². The first-order valence-corrected chi connectivity index (χ1v) is 14.4. The first-order valence-electron chi connectivity index (χ1n) is 14.4. The molecule has 2 aromatic carbocycles. The Morgan fingerprint density at radius 2 is 1.82 bits per heavy atom. The summed E-state index contributed by atoms with van der Waals surface area (Å²) in [5, 5.41) is 10.1. The fraction of sp³-hybridized carbons (Fsp3) is 0.562. The fourth-order valence-corrected chi connectivity index (χ4v) is 4.93. The van der Waals surface area contributed by atoms with Gasteiger partial charge in [0, 0.05) is 52.4 Å². The Balaban J connectivity index is 1.88. The third-order valence-corrected chi connectivity index (χ3v) is 7.63. The van der Waals surface area contributed by atoms with Gasteiger partial charge in [0.25, 0.3) is 5.91 Å². The van der Waals surface area contributed by atoms with Crippen LogP contribution in [0.5, 0.6) is 5.75 Å². The summed E-state index contributed by atoms with van der Waals surface area (Å²) < 4.78 is 12.7. The molecule has 40 heavy (non-hydrogen) atoms. The lowest BCUT2D eigenvalue weighted by molar-refractivity contribution is -0.131. The third kappa shape index (κ3) is 8.70. The average molecular weight is 554 g/mol. The number of hydrogen-bond donors (Lipinski definition) is 1. The zero-order chi connectivity index (χ0) is 29.2. The Kier molecular flexibility index (Phi) is 11.8. The van der Waals surface area contributed by atoms with Crippen LogP contribution in [0, 0.1) is 5.92 Å². The van der Waals surface area contributed by atoms with Crippen LogP contribution in [-0.2, 0) is 16.0 Å². The van der Waals surface area contributed by atoms with Gasteiger partial charge < -0.3 is 29.3 Å². The van der Waals surface area contributed by atoms with Crippen LogP contribution in [0.2, 0.25) is 0 Å². The number of amides is 2. The molecule has 0 spiro atoms. The molecule has 1 N–H and O–H groups in total. The molecule has 1 aliphatic rings. The number of carbonyl (C=O) groups is 2. The molecule has 1 aliphatic heterocycles. The normalized spacial score (nSPS) is 21.5. The number of benzene rings is 2. The number of anilines is 1. The number of aliphatic hydroxyl groups is 1. The lowest BCUT2D eigenvalue weighted by atomic mass is 10.0. The van der Waals surface area contributed by atoms with Crippen LogP contribution in [0.4, 0.5) is 5.69 Å². The second-order valence-corrected chi connectivity index (χ2v) is 11.3. The Morgan fingerprint density at radius 1 is 1.10 bits per heavy atom. The lowest BCUT2D eigenvalue weighted by Crippen LogP contribution is -2.48. The molecule has 0 bridgehead atoms. The van der Waals surface area contributed by atoms with E-state index in [0.717, 1.165) is 30.5 Å². The van der Waals surface area contributed by atoms with E-state index in [2.05, 4.69) is 0 Å². The molecule has 1 heterocycles. The standard InChI is InChI=1S/C32H47N3O5/c1-23-20-35(24(2)22-36)32(38)28-19-27(33(4)5)15-16-29(28)40-25(3)12-10-11-17-39-30(23)21-34(6)31(37)18-26-13-8-7-9-14-26/h7-9,13-16,19,23-25,30,36H,10-12,17-18,20-22H2,1-6H3/t23-,24+,25-,30-/m0/s1. The zero-order valence-electron chi connectivity index (χ0n) is 25.0. The number of hydrogen-bond acceptors (Lipinski definition) is 6. The van der Waals surface area contributed by atoms with Crippen molar-refractivity contribution in [3.8, 4) is 5.75 Å². The van der Waals surface area contributed by atoms with Crippen LogP contribution in [0.15, 0.2) is 48.5 Å². The highest BCUT2D eigenvalue weighted by molar-refractivity contribution is 5.98. The summed E-state index contributed by atoms with van der Waals surface area (Å²) >= 11 is 0. The smallest absolute Gasteiger partial charge is 0.258 e. The lowest BCUT2D eigenvalue weighted by Gasteiger charge is -2.36. The van der Waals surface area contributed by atoms with Gasteiger partial charge in [-0.25, -0.2) is 0 Å². The molecular formula is C32H47N3O5. The molecule has 220 valence electrons. The zero-order valence-corrected chi connectivity index (χ0v) is 25.0. The molecule has 0 saturated heterocycles. The van der Waals surface area contributed by atoms with Crippen LogP contribution in [0.3, 0.4) is 0 Å². The summed E-state index contributed by atoms with van der Waals surface area (Å²) in [6.07, 6.45) is 2.63. The van der Waals surface area contributed by atoms with Crippen molar-refractivity contribution in [3.05, 3.63) is 59.7 Å². The van der Waals surface area contributed by atoms with Crippen LogP contribution < -0.4 is 9.64 Å². The molecule has 0 radical (unpaired) electrons. The van der Waals surface area contributed by atoms with E-state index in [4.69, 9.17) is 9.47 Å². The molecule has 0 fully saturated rings. The second kappa shape index (κ2) is 15.1. The molecule has 0 aromatic heterocycles. The van der Waals surface area contributed by atoms with E-state index < -0.39 is 6.04 Å². The van der Waals surface area contributed by atoms with Gasteiger partial charge in [0.2, 0.25) is 5.91 Å². The van der Waals surface area contributed by atoms with E-state index in [1.807, 2.05) is 95.3 Å². The van der Waals surface area contributed by atoms with Gasteiger partial charge in [-0.1, -0.05) is 37.3 Å². The number of likely N-dealkylation sites (N-methyl/N-ethyl adjacent to an activating group) is 1. The number of ether oxygens (including phenoxy) is 2. The predicted molar refractivity (Wildman–Crippen MR) is 159 cm³/mol. The van der Waals surface area contributed by atoms with E-state index in [1.54, 1.807) is 9.80 Å². The van der Waals surface area contributed by atoms with E-state index in [1.165, 1.54) is 0 Å². The van der Waals surface area contributed by atoms with Gasteiger partial charge in [-0.2, -0.15) is 0 Å². The summed E-state index contributed by atoms with van der Waals surface area (Å²) in [6, 6.07) is 15.0. The van der Waals surface area contributed by atoms with Crippen molar-refractivity contribution < 1.29 is 24.2 Å². The van der Waals surface area contributed by atoms with Gasteiger partial charge in [0.15, 0.2) is 0 Å². The van der Waals surface area contributed by atoms with Crippen molar-refractivity contribution in [2.45, 2.75) is 64.7 Å². The van der Waals surface area contributed by atoms with Gasteiger partial charge in [-0.3, -0.25) is 9.59 Å². The Morgan fingerprint density at radius 3 is 2.50 bits per heavy atom. The summed E-state index contributed by atoms with van der Waals surface area (Å²) in [5.41, 5.74) is 2.35. The SMILES string of the molecule is C[C@H](CO)N1C[C@H](C)[C@H](CN(C)C(=O)Cc2ccccc2)OCCCC[C@H](C)Oc2ccc(N(C)C)cc2C1=O. The quantitative estimate of drug-likeness (QED) is 0.552. The molecule has 0 unspecified atom stereocenters. The minimum absolute atomic E-state index is 0.0224. The maximum Gasteiger partial charge on any atom is 0.258 e. The van der Waals surface area contributed by atoms with Crippen LogP contribution in [0.1, 0.15) is 56.0 Å². The third-order valence-electron chi connectivity index (χ3n) is 7.63. The molecule has 2 aromatic rings. The van der Waals surface area contributed by atoms with Crippen molar-refractivity contribution >= 4 is 17.5 Å². The molecular weight excluding hydrogens is 506 g/mol. The summed E-state index contributed by atoms with van der Waals surface area (Å²) in [4.78, 5) is 32.5. The Labute approximate surface area is 239 Å². The average Bonchev–Trinajstić information content (AvgIpc) is 2.94. The summed E-state index contributed by atoms with van der Waals surface area (Å²) in [7, 11) is 5.68. The molecule has 0 saturated carbocycles. The topological polar surface area (TPSA) is 82.6 Å². The molecule has 8 heteroatoms. The van der Waals surface area contributed by atoms with Crippen LogP contribution in [-0.4, -0.2) is 92.4 Å². The molecule has 2 amide bonds. The van der Waals surface area contributed by atoms with Crippen molar-refractivity contribution in [1.82, 2.24) is 9.80 Å². The fourth-order valence-electron chi connectivity index (χ4n) is 4.93. The highest BCUT2D eigenvalue weighted by atomic mass is 16.5. The molecule has 4 atom stereocenters. The van der Waals surface area contributed by atoms with E-state index in [0.29, 0.717) is 37.4 Å². The van der Waals surface area contributed by atoms with Crippen molar-refractivity contribution in [2.24, 2.45) is 5.92 Å². The number of rotatable bonds is 7. The maximum atomic E-state index is 14.1. The number of fused-ring (bicyclic) bond motifs is 1. The first-order chi connectivity index (χ1) is 19.1. The van der Waals surface area contributed by atoms with Gasteiger partial charge in [0.1, 0.15) is 5.75 Å². The van der Waals surface area contributed by atoms with Gasteiger partial charge in [0.05, 0.1) is 36.8 Å². The first kappa shape index (κ1) is 31.4. The monoisotopic (exact) mass is 553 g/mol. The minimum Gasteiger partial charge on any atom is -0.490 e. The second-order valence-electron chi connectivity index (χ2n) is 11.3. The number of carbonyl (C=O) groups excluding carboxylic acids is 2. The molecule has 0 aliphatic carbocycles. The van der Waals surface area contributed by atoms with Gasteiger partial charge >= 0.3 is 0 Å².